The third kappa shape index (κ3) is 7.19. The van der Waals surface area contributed by atoms with Gasteiger partial charge in [0.25, 0.3) is 5.91 Å². The largest absolute Gasteiger partial charge is 0.416 e. The molecule has 0 saturated heterocycles. The smallest absolute Gasteiger partial charge is 0.371 e. The summed E-state index contributed by atoms with van der Waals surface area (Å²) in [5.74, 6) is -1.16. The molecule has 1 saturated carbocycles. The van der Waals surface area contributed by atoms with Crippen molar-refractivity contribution in [1.82, 2.24) is 16.0 Å². The van der Waals surface area contributed by atoms with Gasteiger partial charge in [0.05, 0.1) is 12.1 Å². The highest BCUT2D eigenvalue weighted by Crippen LogP contribution is 2.29. The second-order valence-corrected chi connectivity index (χ2v) is 9.65. The van der Waals surface area contributed by atoms with Crippen LogP contribution in [0.5, 0.6) is 0 Å². The number of hydrogen-bond acceptors (Lipinski definition) is 3. The maximum absolute atomic E-state index is 12.9. The molecule has 0 bridgehead atoms. The second-order valence-electron chi connectivity index (χ2n) is 9.24. The lowest BCUT2D eigenvalue weighted by Crippen LogP contribution is -2.54. The van der Waals surface area contributed by atoms with E-state index in [9.17, 15) is 22.8 Å². The first-order valence-electron chi connectivity index (χ1n) is 12.4. The van der Waals surface area contributed by atoms with Crippen LogP contribution in [-0.4, -0.2) is 35.4 Å². The molecule has 1 fully saturated rings. The van der Waals surface area contributed by atoms with E-state index in [0.29, 0.717) is 4.99 Å². The van der Waals surface area contributed by atoms with E-state index >= 15 is 0 Å². The van der Waals surface area contributed by atoms with Gasteiger partial charge in [-0.15, -0.1) is 0 Å². The molecular weight excluding hydrogens is 511 g/mol. The predicted molar refractivity (Wildman–Crippen MR) is 145 cm³/mol. The molecule has 38 heavy (non-hydrogen) atoms. The van der Waals surface area contributed by atoms with E-state index in [1.165, 1.54) is 6.07 Å². The third-order valence-electron chi connectivity index (χ3n) is 6.54. The Bertz CT molecular complexity index is 1280. The Hall–Kier alpha value is -3.72. The molecule has 0 aliphatic heterocycles. The number of benzene rings is 3. The van der Waals surface area contributed by atoms with Crippen molar-refractivity contribution in [1.29, 1.82) is 0 Å². The fraction of sp³-hybridized carbons (Fsp3) is 0.276. The van der Waals surface area contributed by atoms with Crippen LogP contribution in [0.15, 0.2) is 78.9 Å². The predicted octanol–water partition coefficient (Wildman–Crippen LogP) is 5.49. The Labute approximate surface area is 224 Å². The lowest BCUT2D eigenvalue weighted by Gasteiger charge is -2.33. The fourth-order valence-corrected chi connectivity index (χ4v) is 4.82. The third-order valence-corrected chi connectivity index (χ3v) is 6.90. The van der Waals surface area contributed by atoms with Gasteiger partial charge < -0.3 is 16.0 Å². The second kappa shape index (κ2) is 12.2. The molecule has 1 aliphatic rings. The Morgan fingerprint density at radius 1 is 0.789 bits per heavy atom. The molecule has 3 aromatic rings. The van der Waals surface area contributed by atoms with Crippen LogP contribution < -0.4 is 16.0 Å². The topological polar surface area (TPSA) is 70.2 Å². The minimum absolute atomic E-state index is 0.0758. The first kappa shape index (κ1) is 27.3. The van der Waals surface area contributed by atoms with Crippen LogP contribution >= 0.6 is 12.2 Å². The molecule has 1 aliphatic carbocycles. The van der Waals surface area contributed by atoms with Crippen molar-refractivity contribution in [3.05, 3.63) is 95.6 Å². The normalized spacial score (nSPS) is 17.3. The summed E-state index contributed by atoms with van der Waals surface area (Å²) in [4.78, 5) is 25.5. The number of thiocarbonyl (C=S) groups is 1. The minimum atomic E-state index is -4.55. The van der Waals surface area contributed by atoms with Crippen molar-refractivity contribution in [2.45, 2.75) is 43.9 Å². The van der Waals surface area contributed by atoms with Gasteiger partial charge in [0, 0.05) is 23.2 Å². The molecular formula is C29H28F3N3O2S. The van der Waals surface area contributed by atoms with Gasteiger partial charge in [-0.2, -0.15) is 13.2 Å². The van der Waals surface area contributed by atoms with Crippen molar-refractivity contribution in [3.63, 3.8) is 0 Å². The molecule has 2 unspecified atom stereocenters. The van der Waals surface area contributed by atoms with E-state index in [1.54, 1.807) is 0 Å². The molecule has 0 spiro atoms. The van der Waals surface area contributed by atoms with Gasteiger partial charge in [0.1, 0.15) is 4.99 Å². The lowest BCUT2D eigenvalue weighted by molar-refractivity contribution is -0.137. The van der Waals surface area contributed by atoms with Crippen molar-refractivity contribution < 1.29 is 22.8 Å². The van der Waals surface area contributed by atoms with Gasteiger partial charge in [0.15, 0.2) is 0 Å². The van der Waals surface area contributed by atoms with Crippen LogP contribution in [0, 0.1) is 0 Å². The average molecular weight is 540 g/mol. The SMILES string of the molecule is O=C(CNC(=O)c1cccc(C(F)(F)F)c1)NC1CCCCC1NC(=S)c1ccc(-c2ccccc2)cc1. The lowest BCUT2D eigenvalue weighted by atomic mass is 9.90. The van der Waals surface area contributed by atoms with Crippen LogP contribution in [-0.2, 0) is 11.0 Å². The summed E-state index contributed by atoms with van der Waals surface area (Å²) in [6.45, 7) is -0.344. The number of carbonyl (C=O) groups is 2. The summed E-state index contributed by atoms with van der Waals surface area (Å²) in [6.07, 6.45) is -1.05. The van der Waals surface area contributed by atoms with Gasteiger partial charge in [-0.05, 0) is 42.2 Å². The maximum atomic E-state index is 12.9. The first-order valence-corrected chi connectivity index (χ1v) is 12.8. The van der Waals surface area contributed by atoms with Gasteiger partial charge in [-0.3, -0.25) is 9.59 Å². The van der Waals surface area contributed by atoms with Crippen LogP contribution in [0.4, 0.5) is 13.2 Å². The first-order chi connectivity index (χ1) is 18.2. The summed E-state index contributed by atoms with van der Waals surface area (Å²) >= 11 is 5.64. The molecule has 3 aromatic carbocycles. The average Bonchev–Trinajstić information content (AvgIpc) is 2.93. The van der Waals surface area contributed by atoms with Crippen molar-refractivity contribution in [2.24, 2.45) is 0 Å². The maximum Gasteiger partial charge on any atom is 0.416 e. The summed E-state index contributed by atoms with van der Waals surface area (Å²) in [7, 11) is 0. The van der Waals surface area contributed by atoms with Crippen LogP contribution in [0.2, 0.25) is 0 Å². The number of alkyl halides is 3. The van der Waals surface area contributed by atoms with Crippen molar-refractivity contribution in [2.75, 3.05) is 6.54 Å². The highest BCUT2D eigenvalue weighted by molar-refractivity contribution is 7.80. The van der Waals surface area contributed by atoms with E-state index < -0.39 is 23.6 Å². The van der Waals surface area contributed by atoms with Crippen LogP contribution in [0.1, 0.15) is 47.2 Å². The van der Waals surface area contributed by atoms with E-state index in [0.717, 1.165) is 60.6 Å². The summed E-state index contributed by atoms with van der Waals surface area (Å²) < 4.78 is 38.8. The molecule has 9 heteroatoms. The highest BCUT2D eigenvalue weighted by atomic mass is 32.1. The van der Waals surface area contributed by atoms with E-state index in [2.05, 4.69) is 16.0 Å². The van der Waals surface area contributed by atoms with Gasteiger partial charge in [-0.25, -0.2) is 0 Å². The molecule has 4 rings (SSSR count). The number of carbonyl (C=O) groups excluding carboxylic acids is 2. The van der Waals surface area contributed by atoms with Gasteiger partial charge >= 0.3 is 6.18 Å². The summed E-state index contributed by atoms with van der Waals surface area (Å²) in [6, 6.07) is 21.8. The molecule has 3 N–H and O–H groups in total. The van der Waals surface area contributed by atoms with Gasteiger partial charge in [0.2, 0.25) is 5.91 Å². The van der Waals surface area contributed by atoms with Gasteiger partial charge in [-0.1, -0.05) is 85.7 Å². The van der Waals surface area contributed by atoms with Crippen LogP contribution in [0.25, 0.3) is 11.1 Å². The van der Waals surface area contributed by atoms with E-state index in [1.807, 2.05) is 54.6 Å². The molecule has 198 valence electrons. The molecule has 0 heterocycles. The number of hydrogen-bond donors (Lipinski definition) is 3. The number of halogens is 3. The van der Waals surface area contributed by atoms with E-state index in [4.69, 9.17) is 12.2 Å². The molecule has 0 aromatic heterocycles. The standard InChI is InChI=1S/C29H28F3N3O2S/c30-29(31,32)23-10-6-9-22(17-23)27(37)33-18-26(36)34-24-11-4-5-12-25(24)35-28(38)21-15-13-20(14-16-21)19-7-2-1-3-8-19/h1-3,6-10,13-17,24-25H,4-5,11-12,18H2,(H,33,37)(H,34,36)(H,35,38). The molecule has 5 nitrogen and oxygen atoms in total. The molecule has 2 amide bonds. The Morgan fingerprint density at radius 3 is 2.08 bits per heavy atom. The summed E-state index contributed by atoms with van der Waals surface area (Å²) in [5.41, 5.74) is 2.01. The minimum Gasteiger partial charge on any atom is -0.371 e. The fourth-order valence-electron chi connectivity index (χ4n) is 4.53. The zero-order valence-corrected chi connectivity index (χ0v) is 21.4. The van der Waals surface area contributed by atoms with Crippen LogP contribution in [0.3, 0.4) is 0 Å². The molecule has 0 radical (unpaired) electrons. The highest BCUT2D eigenvalue weighted by Gasteiger charge is 2.31. The zero-order valence-electron chi connectivity index (χ0n) is 20.6. The van der Waals surface area contributed by atoms with Crippen molar-refractivity contribution >= 4 is 29.0 Å². The summed E-state index contributed by atoms with van der Waals surface area (Å²) in [5, 5.41) is 8.73. The Balaban J connectivity index is 1.31. The quantitative estimate of drug-likeness (QED) is 0.347. The molecule has 2 atom stereocenters. The zero-order chi connectivity index (χ0) is 27.1. The van der Waals surface area contributed by atoms with E-state index in [-0.39, 0.29) is 24.2 Å². The monoisotopic (exact) mass is 539 g/mol. The Morgan fingerprint density at radius 2 is 1.42 bits per heavy atom. The number of amides is 2. The Kier molecular flexibility index (Phi) is 8.78. The number of nitrogens with one attached hydrogen (secondary N) is 3. The number of rotatable bonds is 7. The van der Waals surface area contributed by atoms with Crippen molar-refractivity contribution in [3.8, 4) is 11.1 Å².